The number of nitrogens with zero attached hydrogens (tertiary/aromatic N) is 1. The summed E-state index contributed by atoms with van der Waals surface area (Å²) in [7, 11) is 0. The standard InChI is InChI=1S/C11H16N2O3/c12-7-16-9-3-1-8(2-4-9)13-10(14)5-6-11(13)15/h7-9,12H,1-6H2. The number of hydrogen-bond acceptors (Lipinski definition) is 4. The molecular weight excluding hydrogens is 208 g/mol. The molecule has 1 aliphatic heterocycles. The average molecular weight is 224 g/mol. The number of imide groups is 1. The second kappa shape index (κ2) is 4.63. The van der Waals surface area contributed by atoms with Crippen LogP contribution in [0.2, 0.25) is 0 Å². The van der Waals surface area contributed by atoms with Crippen molar-refractivity contribution in [1.82, 2.24) is 4.90 Å². The predicted molar refractivity (Wildman–Crippen MR) is 57.0 cm³/mol. The molecule has 0 radical (unpaired) electrons. The monoisotopic (exact) mass is 224 g/mol. The van der Waals surface area contributed by atoms with Crippen LogP contribution >= 0.6 is 0 Å². The number of carbonyl (C=O) groups excluding carboxylic acids is 2. The molecule has 88 valence electrons. The van der Waals surface area contributed by atoms with Crippen LogP contribution < -0.4 is 0 Å². The smallest absolute Gasteiger partial charge is 0.229 e. The van der Waals surface area contributed by atoms with Crippen molar-refractivity contribution in [3.05, 3.63) is 0 Å². The van der Waals surface area contributed by atoms with Crippen LogP contribution in [0.15, 0.2) is 0 Å². The summed E-state index contributed by atoms with van der Waals surface area (Å²) in [5.74, 6) is -0.0529. The molecule has 5 heteroatoms. The lowest BCUT2D eigenvalue weighted by Gasteiger charge is -2.32. The second-order valence-corrected chi connectivity index (χ2v) is 4.34. The lowest BCUT2D eigenvalue weighted by atomic mass is 9.92. The molecule has 0 bridgehead atoms. The van der Waals surface area contributed by atoms with Crippen molar-refractivity contribution < 1.29 is 14.3 Å². The van der Waals surface area contributed by atoms with Crippen molar-refractivity contribution >= 4 is 18.2 Å². The number of amides is 2. The Labute approximate surface area is 94.3 Å². The molecule has 5 nitrogen and oxygen atoms in total. The summed E-state index contributed by atoms with van der Waals surface area (Å²) in [6.07, 6.45) is 5.03. The minimum atomic E-state index is -0.0265. The van der Waals surface area contributed by atoms with Gasteiger partial charge >= 0.3 is 0 Å². The van der Waals surface area contributed by atoms with Gasteiger partial charge in [-0.3, -0.25) is 19.9 Å². The van der Waals surface area contributed by atoms with Crippen LogP contribution in [0.5, 0.6) is 0 Å². The zero-order chi connectivity index (χ0) is 11.5. The summed E-state index contributed by atoms with van der Waals surface area (Å²) < 4.78 is 5.10. The fourth-order valence-corrected chi connectivity index (χ4v) is 2.54. The largest absolute Gasteiger partial charge is 0.481 e. The molecule has 2 rings (SSSR count). The molecular formula is C11H16N2O3. The van der Waals surface area contributed by atoms with Crippen LogP contribution in [0.4, 0.5) is 0 Å². The topological polar surface area (TPSA) is 70.5 Å². The van der Waals surface area contributed by atoms with E-state index < -0.39 is 0 Å². The van der Waals surface area contributed by atoms with Crippen LogP contribution in [0, 0.1) is 5.41 Å². The minimum Gasteiger partial charge on any atom is -0.481 e. The van der Waals surface area contributed by atoms with Crippen molar-refractivity contribution in [3.8, 4) is 0 Å². The molecule has 16 heavy (non-hydrogen) atoms. The molecule has 0 atom stereocenters. The zero-order valence-electron chi connectivity index (χ0n) is 9.15. The fraction of sp³-hybridized carbons (Fsp3) is 0.727. The number of hydrogen-bond donors (Lipinski definition) is 1. The molecule has 0 aromatic rings. The molecule has 2 aliphatic rings. The maximum Gasteiger partial charge on any atom is 0.229 e. The quantitative estimate of drug-likeness (QED) is 0.443. The summed E-state index contributed by atoms with van der Waals surface area (Å²) in [6.45, 7) is 0. The van der Waals surface area contributed by atoms with E-state index in [2.05, 4.69) is 0 Å². The van der Waals surface area contributed by atoms with Gasteiger partial charge < -0.3 is 4.74 Å². The van der Waals surface area contributed by atoms with E-state index in [1.54, 1.807) is 0 Å². The summed E-state index contributed by atoms with van der Waals surface area (Å²) in [5, 5.41) is 6.85. The van der Waals surface area contributed by atoms with E-state index in [-0.39, 0.29) is 24.0 Å². The van der Waals surface area contributed by atoms with Crippen LogP contribution in [0.3, 0.4) is 0 Å². The van der Waals surface area contributed by atoms with Crippen molar-refractivity contribution in [1.29, 1.82) is 5.41 Å². The van der Waals surface area contributed by atoms with Crippen LogP contribution in [-0.2, 0) is 14.3 Å². The van der Waals surface area contributed by atoms with Crippen LogP contribution in [-0.4, -0.2) is 35.3 Å². The summed E-state index contributed by atoms with van der Waals surface area (Å²) in [6, 6.07) is 0.0630. The Morgan fingerprint density at radius 2 is 1.69 bits per heavy atom. The molecule has 1 saturated heterocycles. The first-order chi connectivity index (χ1) is 7.72. The maximum atomic E-state index is 11.5. The molecule has 0 aromatic heterocycles. The number of likely N-dealkylation sites (tertiary alicyclic amines) is 1. The van der Waals surface area contributed by atoms with Gasteiger partial charge in [0.25, 0.3) is 0 Å². The van der Waals surface area contributed by atoms with Gasteiger partial charge in [-0.2, -0.15) is 0 Å². The summed E-state index contributed by atoms with van der Waals surface area (Å²) >= 11 is 0. The van der Waals surface area contributed by atoms with Gasteiger partial charge in [-0.25, -0.2) is 0 Å². The zero-order valence-corrected chi connectivity index (χ0v) is 9.15. The van der Waals surface area contributed by atoms with Crippen LogP contribution in [0.25, 0.3) is 0 Å². The van der Waals surface area contributed by atoms with Gasteiger partial charge in [-0.05, 0) is 25.7 Å². The summed E-state index contributed by atoms with van der Waals surface area (Å²) in [4.78, 5) is 24.5. The van der Waals surface area contributed by atoms with Crippen molar-refractivity contribution in [2.75, 3.05) is 0 Å². The minimum absolute atomic E-state index is 0.0265. The van der Waals surface area contributed by atoms with Gasteiger partial charge in [0.05, 0.1) is 6.10 Å². The molecule has 2 fully saturated rings. The van der Waals surface area contributed by atoms with E-state index in [9.17, 15) is 9.59 Å². The van der Waals surface area contributed by atoms with Gasteiger partial charge in [0.1, 0.15) is 0 Å². The molecule has 1 heterocycles. The SMILES string of the molecule is N=COC1CCC(N2C(=O)CCC2=O)CC1. The molecule has 1 aliphatic carbocycles. The Morgan fingerprint density at radius 3 is 2.19 bits per heavy atom. The lowest BCUT2D eigenvalue weighted by molar-refractivity contribution is -0.142. The Hall–Kier alpha value is -1.39. The van der Waals surface area contributed by atoms with E-state index in [1.807, 2.05) is 0 Å². The number of rotatable bonds is 3. The average Bonchev–Trinajstić information content (AvgIpc) is 2.61. The van der Waals surface area contributed by atoms with Gasteiger partial charge in [0.15, 0.2) is 6.40 Å². The van der Waals surface area contributed by atoms with Gasteiger partial charge in [0, 0.05) is 18.9 Å². The fourth-order valence-electron chi connectivity index (χ4n) is 2.54. The number of ether oxygens (including phenoxy) is 1. The highest BCUT2D eigenvalue weighted by Gasteiger charge is 2.36. The Balaban J connectivity index is 1.91. The molecule has 2 amide bonds. The Kier molecular flexibility index (Phi) is 3.22. The lowest BCUT2D eigenvalue weighted by Crippen LogP contribution is -2.42. The highest BCUT2D eigenvalue weighted by Crippen LogP contribution is 2.28. The molecule has 1 saturated carbocycles. The number of nitrogens with one attached hydrogen (secondary N) is 1. The first-order valence-corrected chi connectivity index (χ1v) is 5.71. The van der Waals surface area contributed by atoms with E-state index in [4.69, 9.17) is 10.1 Å². The molecule has 1 N–H and O–H groups in total. The van der Waals surface area contributed by atoms with E-state index in [1.165, 1.54) is 4.90 Å². The summed E-state index contributed by atoms with van der Waals surface area (Å²) in [5.41, 5.74) is 0. The molecule has 0 spiro atoms. The van der Waals surface area contributed by atoms with E-state index >= 15 is 0 Å². The molecule has 0 unspecified atom stereocenters. The highest BCUT2D eigenvalue weighted by atomic mass is 16.5. The molecule has 0 aromatic carbocycles. The van der Waals surface area contributed by atoms with Crippen molar-refractivity contribution in [2.24, 2.45) is 0 Å². The van der Waals surface area contributed by atoms with E-state index in [0.717, 1.165) is 32.1 Å². The van der Waals surface area contributed by atoms with Crippen LogP contribution in [0.1, 0.15) is 38.5 Å². The number of carbonyl (C=O) groups is 2. The van der Waals surface area contributed by atoms with Gasteiger partial charge in [-0.15, -0.1) is 0 Å². The third-order valence-corrected chi connectivity index (χ3v) is 3.36. The first kappa shape index (κ1) is 11.1. The Bertz CT molecular complexity index is 292. The first-order valence-electron chi connectivity index (χ1n) is 5.71. The van der Waals surface area contributed by atoms with Crippen molar-refractivity contribution in [2.45, 2.75) is 50.7 Å². The van der Waals surface area contributed by atoms with Gasteiger partial charge in [0.2, 0.25) is 11.8 Å². The third-order valence-electron chi connectivity index (χ3n) is 3.36. The highest BCUT2D eigenvalue weighted by molar-refractivity contribution is 6.02. The van der Waals surface area contributed by atoms with Gasteiger partial charge in [-0.1, -0.05) is 0 Å². The third kappa shape index (κ3) is 2.08. The normalized spacial score (nSPS) is 30.6. The Morgan fingerprint density at radius 1 is 1.12 bits per heavy atom. The maximum absolute atomic E-state index is 11.5. The van der Waals surface area contributed by atoms with E-state index in [0.29, 0.717) is 12.8 Å². The van der Waals surface area contributed by atoms with Crippen molar-refractivity contribution in [3.63, 3.8) is 0 Å². The second-order valence-electron chi connectivity index (χ2n) is 4.34. The predicted octanol–water partition coefficient (Wildman–Crippen LogP) is 1.07.